The molecule has 0 atom stereocenters. The van der Waals surface area contributed by atoms with Crippen molar-refractivity contribution < 1.29 is 23.1 Å². The largest absolute Gasteiger partial charge is 0.508 e. The normalized spacial score (nSPS) is 11.2. The summed E-state index contributed by atoms with van der Waals surface area (Å²) in [7, 11) is 0. The molecule has 0 radical (unpaired) electrons. The SMILES string of the molecule is O=C(NCCNc1cc(-c2cn(-c3ccccc3)nc2-c2cccc(O)c2)ccn1)Nc1ccc(Cl)c(C(F)(F)F)c1. The third-order valence-corrected chi connectivity index (χ3v) is 6.50. The van der Waals surface area contributed by atoms with E-state index in [-0.39, 0.29) is 18.0 Å². The molecule has 0 unspecified atom stereocenters. The molecule has 0 saturated carbocycles. The molecule has 42 heavy (non-hydrogen) atoms. The van der Waals surface area contributed by atoms with E-state index in [1.807, 2.05) is 54.7 Å². The Kier molecular flexibility index (Phi) is 8.30. The number of nitrogens with zero attached hydrogens (tertiary/aromatic N) is 3. The van der Waals surface area contributed by atoms with Gasteiger partial charge < -0.3 is 21.1 Å². The number of aromatic nitrogens is 3. The highest BCUT2D eigenvalue weighted by molar-refractivity contribution is 6.31. The van der Waals surface area contributed by atoms with Gasteiger partial charge in [-0.2, -0.15) is 18.3 Å². The van der Waals surface area contributed by atoms with Gasteiger partial charge in [0.05, 0.1) is 16.3 Å². The molecule has 0 saturated heterocycles. The maximum atomic E-state index is 13.1. The van der Waals surface area contributed by atoms with Crippen molar-refractivity contribution in [3.63, 3.8) is 0 Å². The molecule has 2 amide bonds. The first-order chi connectivity index (χ1) is 20.2. The zero-order valence-electron chi connectivity index (χ0n) is 21.9. The monoisotopic (exact) mass is 592 g/mol. The molecule has 3 aromatic carbocycles. The van der Waals surface area contributed by atoms with E-state index in [0.717, 1.165) is 34.5 Å². The number of aromatic hydroxyl groups is 1. The Morgan fingerprint density at radius 2 is 1.74 bits per heavy atom. The smallest absolute Gasteiger partial charge is 0.417 e. The molecule has 0 spiro atoms. The molecule has 2 heterocycles. The van der Waals surface area contributed by atoms with E-state index in [1.165, 1.54) is 6.07 Å². The number of amides is 2. The van der Waals surface area contributed by atoms with Crippen LogP contribution in [0.3, 0.4) is 0 Å². The van der Waals surface area contributed by atoms with Crippen molar-refractivity contribution >= 4 is 29.1 Å². The molecular weight excluding hydrogens is 569 g/mol. The molecule has 0 fully saturated rings. The maximum absolute atomic E-state index is 13.1. The van der Waals surface area contributed by atoms with E-state index in [0.29, 0.717) is 18.1 Å². The van der Waals surface area contributed by atoms with Crippen LogP contribution in [0.5, 0.6) is 5.75 Å². The fourth-order valence-corrected chi connectivity index (χ4v) is 4.45. The first-order valence-corrected chi connectivity index (χ1v) is 13.1. The van der Waals surface area contributed by atoms with Crippen LogP contribution >= 0.6 is 11.6 Å². The van der Waals surface area contributed by atoms with Gasteiger partial charge >= 0.3 is 12.2 Å². The fourth-order valence-electron chi connectivity index (χ4n) is 4.22. The lowest BCUT2D eigenvalue weighted by Crippen LogP contribution is -2.32. The second kappa shape index (κ2) is 12.2. The topological polar surface area (TPSA) is 104 Å². The summed E-state index contributed by atoms with van der Waals surface area (Å²) in [4.78, 5) is 16.6. The number of halogens is 4. The Labute approximate surface area is 243 Å². The highest BCUT2D eigenvalue weighted by Crippen LogP contribution is 2.36. The molecule has 0 aliphatic rings. The standard InChI is InChI=1S/C30H24ClF3N6O2/c31-26-10-9-21(17-25(26)30(32,33)34)38-29(42)37-14-13-36-27-16-19(11-12-35-27)24-18-40(22-6-2-1-3-7-22)39-28(24)20-5-4-8-23(41)15-20/h1-12,15-18,41H,13-14H2,(H,35,36)(H2,37,38,42). The summed E-state index contributed by atoms with van der Waals surface area (Å²) >= 11 is 5.63. The van der Waals surface area contributed by atoms with Crippen LogP contribution in [0.1, 0.15) is 5.56 Å². The Morgan fingerprint density at radius 1 is 0.929 bits per heavy atom. The van der Waals surface area contributed by atoms with Gasteiger partial charge in [0, 0.05) is 42.3 Å². The van der Waals surface area contributed by atoms with Gasteiger partial charge in [0.1, 0.15) is 17.3 Å². The Hall–Kier alpha value is -5.03. The summed E-state index contributed by atoms with van der Waals surface area (Å²) in [5.41, 5.74) is 2.84. The number of alkyl halides is 3. The Balaban J connectivity index is 1.26. The average Bonchev–Trinajstić information content (AvgIpc) is 3.42. The van der Waals surface area contributed by atoms with Crippen molar-refractivity contribution in [3.8, 4) is 33.8 Å². The number of benzene rings is 3. The molecule has 4 N–H and O–H groups in total. The van der Waals surface area contributed by atoms with E-state index in [4.69, 9.17) is 16.7 Å². The van der Waals surface area contributed by atoms with Gasteiger partial charge in [-0.15, -0.1) is 0 Å². The number of rotatable bonds is 8. The van der Waals surface area contributed by atoms with Crippen molar-refractivity contribution in [2.75, 3.05) is 23.7 Å². The van der Waals surface area contributed by atoms with E-state index < -0.39 is 22.8 Å². The number of para-hydroxylation sites is 1. The van der Waals surface area contributed by atoms with E-state index in [2.05, 4.69) is 20.9 Å². The summed E-state index contributed by atoms with van der Waals surface area (Å²) in [6.45, 7) is 0.457. The number of hydrogen-bond donors (Lipinski definition) is 4. The Bertz CT molecular complexity index is 1710. The van der Waals surface area contributed by atoms with Gasteiger partial charge in [-0.05, 0) is 60.2 Å². The molecule has 0 bridgehead atoms. The van der Waals surface area contributed by atoms with Crippen LogP contribution in [0.15, 0.2) is 97.3 Å². The average molecular weight is 593 g/mol. The van der Waals surface area contributed by atoms with Gasteiger partial charge in [-0.25, -0.2) is 14.5 Å². The second-order valence-electron chi connectivity index (χ2n) is 9.15. The van der Waals surface area contributed by atoms with E-state index in [9.17, 15) is 23.1 Å². The van der Waals surface area contributed by atoms with Gasteiger partial charge in [0.25, 0.3) is 0 Å². The fraction of sp³-hybridized carbons (Fsp3) is 0.100. The van der Waals surface area contributed by atoms with Crippen LogP contribution in [-0.2, 0) is 6.18 Å². The molecule has 8 nitrogen and oxygen atoms in total. The number of urea groups is 1. The number of anilines is 2. The minimum atomic E-state index is -4.64. The van der Waals surface area contributed by atoms with Gasteiger partial charge in [-0.1, -0.05) is 41.9 Å². The number of nitrogens with one attached hydrogen (secondary N) is 3. The van der Waals surface area contributed by atoms with Crippen LogP contribution in [0, 0.1) is 0 Å². The summed E-state index contributed by atoms with van der Waals surface area (Å²) in [6, 6.07) is 22.7. The van der Waals surface area contributed by atoms with Crippen molar-refractivity contribution in [1.29, 1.82) is 0 Å². The Morgan fingerprint density at radius 3 is 2.50 bits per heavy atom. The molecule has 214 valence electrons. The lowest BCUT2D eigenvalue weighted by Gasteiger charge is -2.13. The summed E-state index contributed by atoms with van der Waals surface area (Å²) in [5, 5.41) is 22.5. The molecule has 0 aliphatic heterocycles. The number of phenols is 1. The molecule has 2 aromatic heterocycles. The van der Waals surface area contributed by atoms with E-state index in [1.54, 1.807) is 29.1 Å². The lowest BCUT2D eigenvalue weighted by molar-refractivity contribution is -0.137. The number of hydrogen-bond acceptors (Lipinski definition) is 5. The van der Waals surface area contributed by atoms with Gasteiger partial charge in [-0.3, -0.25) is 0 Å². The predicted octanol–water partition coefficient (Wildman–Crippen LogP) is 7.21. The van der Waals surface area contributed by atoms with Crippen molar-refractivity contribution in [2.24, 2.45) is 0 Å². The van der Waals surface area contributed by atoms with Crippen LogP contribution in [-0.4, -0.2) is 39.0 Å². The van der Waals surface area contributed by atoms with Crippen molar-refractivity contribution in [2.45, 2.75) is 6.18 Å². The van der Waals surface area contributed by atoms with Crippen LogP contribution < -0.4 is 16.0 Å². The highest BCUT2D eigenvalue weighted by atomic mass is 35.5. The van der Waals surface area contributed by atoms with Crippen LogP contribution in [0.2, 0.25) is 5.02 Å². The van der Waals surface area contributed by atoms with Crippen molar-refractivity contribution in [1.82, 2.24) is 20.1 Å². The number of phenolic OH excluding ortho intramolecular Hbond substituents is 1. The second-order valence-corrected chi connectivity index (χ2v) is 9.56. The third-order valence-electron chi connectivity index (χ3n) is 6.17. The van der Waals surface area contributed by atoms with Crippen LogP contribution in [0.25, 0.3) is 28.1 Å². The first kappa shape index (κ1) is 28.5. The summed E-state index contributed by atoms with van der Waals surface area (Å²) < 4.78 is 41.0. The highest BCUT2D eigenvalue weighted by Gasteiger charge is 2.33. The quantitative estimate of drug-likeness (QED) is 0.143. The lowest BCUT2D eigenvalue weighted by atomic mass is 10.0. The number of pyridine rings is 1. The van der Waals surface area contributed by atoms with Crippen molar-refractivity contribution in [3.05, 3.63) is 108 Å². The maximum Gasteiger partial charge on any atom is 0.417 e. The minimum Gasteiger partial charge on any atom is -0.508 e. The van der Waals surface area contributed by atoms with Crippen LogP contribution in [0.4, 0.5) is 29.5 Å². The third kappa shape index (κ3) is 6.81. The molecule has 12 heteroatoms. The van der Waals surface area contributed by atoms with Gasteiger partial charge in [0.15, 0.2) is 0 Å². The molecular formula is C30H24ClF3N6O2. The minimum absolute atomic E-state index is 0.0369. The first-order valence-electron chi connectivity index (χ1n) is 12.7. The summed E-state index contributed by atoms with van der Waals surface area (Å²) in [5.74, 6) is 0.662. The zero-order chi connectivity index (χ0) is 29.7. The summed E-state index contributed by atoms with van der Waals surface area (Å²) in [6.07, 6.45) is -1.09. The number of carbonyl (C=O) groups excluding carboxylic acids is 1. The number of carbonyl (C=O) groups is 1. The molecule has 5 rings (SSSR count). The predicted molar refractivity (Wildman–Crippen MR) is 156 cm³/mol. The molecule has 5 aromatic rings. The van der Waals surface area contributed by atoms with E-state index >= 15 is 0 Å². The van der Waals surface area contributed by atoms with Gasteiger partial charge in [0.2, 0.25) is 0 Å². The zero-order valence-corrected chi connectivity index (χ0v) is 22.6. The molecule has 0 aliphatic carbocycles.